The van der Waals surface area contributed by atoms with Crippen molar-refractivity contribution in [1.29, 1.82) is 0 Å². The van der Waals surface area contributed by atoms with Gasteiger partial charge in [-0.15, -0.1) is 10.2 Å². The summed E-state index contributed by atoms with van der Waals surface area (Å²) in [5.74, 6) is -0.750. The van der Waals surface area contributed by atoms with Gasteiger partial charge < -0.3 is 10.2 Å². The maximum Gasteiger partial charge on any atom is 0.322 e. The fraction of sp³-hybridized carbons (Fsp3) is 0.364. The van der Waals surface area contributed by atoms with E-state index >= 15 is 0 Å². The van der Waals surface area contributed by atoms with E-state index < -0.39 is 17.5 Å². The van der Waals surface area contributed by atoms with Gasteiger partial charge in [0.2, 0.25) is 0 Å². The zero-order valence-electron chi connectivity index (χ0n) is 10.2. The third-order valence-electron chi connectivity index (χ3n) is 3.42. The zero-order chi connectivity index (χ0) is 14.3. The van der Waals surface area contributed by atoms with Crippen molar-refractivity contribution in [2.45, 2.75) is 12.0 Å². The number of hydrogen-bond acceptors (Lipinski definition) is 5. The number of aromatic nitrogens is 2. The van der Waals surface area contributed by atoms with E-state index in [4.69, 9.17) is 11.6 Å². The van der Waals surface area contributed by atoms with Crippen LogP contribution >= 0.6 is 11.6 Å². The number of carbonyl (C=O) groups excluding carboxylic acids is 3. The number of nitrogens with zero attached hydrogens (tertiary/aromatic N) is 3. The van der Waals surface area contributed by atoms with Crippen LogP contribution in [0.25, 0.3) is 0 Å². The van der Waals surface area contributed by atoms with Crippen molar-refractivity contribution < 1.29 is 14.4 Å². The summed E-state index contributed by atoms with van der Waals surface area (Å²) in [6.45, 7) is 0.477. The van der Waals surface area contributed by atoms with Crippen LogP contribution in [0, 0.1) is 0 Å². The highest BCUT2D eigenvalue weighted by Gasteiger charge is 2.51. The Morgan fingerprint density at radius 3 is 2.75 bits per heavy atom. The Hall–Kier alpha value is -2.22. The van der Waals surface area contributed by atoms with Gasteiger partial charge in [-0.3, -0.25) is 14.9 Å². The van der Waals surface area contributed by atoms with Crippen LogP contribution in [0.2, 0.25) is 5.15 Å². The molecule has 9 heteroatoms. The monoisotopic (exact) mass is 295 g/mol. The van der Waals surface area contributed by atoms with E-state index in [2.05, 4.69) is 20.8 Å². The van der Waals surface area contributed by atoms with Gasteiger partial charge in [0.15, 0.2) is 10.8 Å². The molecule has 4 amide bonds. The molecule has 20 heavy (non-hydrogen) atoms. The van der Waals surface area contributed by atoms with Crippen LogP contribution in [0.15, 0.2) is 12.1 Å². The number of carbonyl (C=O) groups is 3. The van der Waals surface area contributed by atoms with Gasteiger partial charge in [0.05, 0.1) is 6.54 Å². The van der Waals surface area contributed by atoms with Gasteiger partial charge >= 0.3 is 6.03 Å². The quantitative estimate of drug-likeness (QED) is 0.683. The topological polar surface area (TPSA) is 104 Å². The highest BCUT2D eigenvalue weighted by Crippen LogP contribution is 2.25. The van der Waals surface area contributed by atoms with Gasteiger partial charge in [-0.05, 0) is 18.6 Å². The van der Waals surface area contributed by atoms with Gasteiger partial charge in [-0.1, -0.05) is 11.6 Å². The van der Waals surface area contributed by atoms with Crippen LogP contribution in [0.4, 0.5) is 4.79 Å². The minimum atomic E-state index is -1.02. The van der Waals surface area contributed by atoms with Crippen molar-refractivity contribution in [2.75, 3.05) is 13.1 Å². The number of nitrogens with one attached hydrogen (secondary N) is 2. The third-order valence-corrected chi connectivity index (χ3v) is 3.62. The van der Waals surface area contributed by atoms with Crippen LogP contribution in [0.1, 0.15) is 16.9 Å². The van der Waals surface area contributed by atoms with Crippen molar-refractivity contribution in [3.05, 3.63) is 23.0 Å². The molecular weight excluding hydrogens is 286 g/mol. The smallest absolute Gasteiger partial charge is 0.322 e. The lowest BCUT2D eigenvalue weighted by Gasteiger charge is -2.20. The second-order valence-electron chi connectivity index (χ2n) is 4.71. The van der Waals surface area contributed by atoms with Gasteiger partial charge in [0.1, 0.15) is 5.54 Å². The summed E-state index contributed by atoms with van der Waals surface area (Å²) >= 11 is 5.61. The van der Waals surface area contributed by atoms with Crippen molar-refractivity contribution >= 4 is 29.4 Å². The average Bonchev–Trinajstić information content (AvgIpc) is 2.95. The summed E-state index contributed by atoms with van der Waals surface area (Å²) in [5.41, 5.74) is -0.872. The van der Waals surface area contributed by atoms with Crippen LogP contribution in [-0.2, 0) is 4.79 Å². The van der Waals surface area contributed by atoms with E-state index in [1.54, 1.807) is 0 Å². The normalized spacial score (nSPS) is 24.9. The number of halogens is 1. The highest BCUT2D eigenvalue weighted by atomic mass is 35.5. The van der Waals surface area contributed by atoms with E-state index in [9.17, 15) is 14.4 Å². The molecule has 0 saturated carbocycles. The molecule has 2 N–H and O–H groups in total. The first-order valence-corrected chi connectivity index (χ1v) is 6.30. The molecule has 0 aromatic carbocycles. The standard InChI is InChI=1S/C11H10ClN5O3/c12-7-2-1-6(15-16-7)8(18)17-4-3-11(5-17)9(19)13-10(20)14-11/h1-2H,3-5H2,(H2,13,14,19,20). The molecule has 0 radical (unpaired) electrons. The molecule has 104 valence electrons. The summed E-state index contributed by atoms with van der Waals surface area (Å²) in [5, 5.41) is 12.3. The molecule has 1 aromatic heterocycles. The van der Waals surface area contributed by atoms with Crippen molar-refractivity contribution in [2.24, 2.45) is 0 Å². The molecule has 1 aromatic rings. The first-order valence-electron chi connectivity index (χ1n) is 5.92. The molecule has 3 rings (SSSR count). The molecule has 3 heterocycles. The number of rotatable bonds is 1. The maximum absolute atomic E-state index is 12.2. The molecule has 1 atom stereocenters. The van der Waals surface area contributed by atoms with E-state index in [-0.39, 0.29) is 23.3 Å². The molecule has 1 spiro atoms. The van der Waals surface area contributed by atoms with Gasteiger partial charge in [-0.2, -0.15) is 0 Å². The molecule has 2 aliphatic rings. The minimum Gasteiger partial charge on any atom is -0.334 e. The molecule has 2 aliphatic heterocycles. The Labute approximate surface area is 118 Å². The van der Waals surface area contributed by atoms with E-state index in [1.807, 2.05) is 0 Å². The number of imide groups is 1. The first kappa shape index (κ1) is 12.8. The Balaban J connectivity index is 1.77. The van der Waals surface area contributed by atoms with E-state index in [0.29, 0.717) is 13.0 Å². The summed E-state index contributed by atoms with van der Waals surface area (Å²) in [4.78, 5) is 36.7. The third kappa shape index (κ3) is 1.97. The predicted molar refractivity (Wildman–Crippen MR) is 67.0 cm³/mol. The predicted octanol–water partition coefficient (Wildman–Crippen LogP) is -0.446. The Bertz CT molecular complexity index is 605. The fourth-order valence-corrected chi connectivity index (χ4v) is 2.49. The van der Waals surface area contributed by atoms with Gasteiger partial charge in [-0.25, -0.2) is 4.79 Å². The van der Waals surface area contributed by atoms with Crippen LogP contribution in [0.3, 0.4) is 0 Å². The average molecular weight is 296 g/mol. The molecule has 0 bridgehead atoms. The lowest BCUT2D eigenvalue weighted by atomic mass is 10.00. The zero-order valence-corrected chi connectivity index (χ0v) is 11.0. The second kappa shape index (κ2) is 4.41. The summed E-state index contributed by atoms with van der Waals surface area (Å²) < 4.78 is 0. The Kier molecular flexibility index (Phi) is 2.82. The summed E-state index contributed by atoms with van der Waals surface area (Å²) in [6, 6.07) is 2.41. The number of urea groups is 1. The molecule has 0 aliphatic carbocycles. The lowest BCUT2D eigenvalue weighted by molar-refractivity contribution is -0.123. The van der Waals surface area contributed by atoms with Crippen LogP contribution in [0.5, 0.6) is 0 Å². The van der Waals surface area contributed by atoms with Crippen molar-refractivity contribution in [3.63, 3.8) is 0 Å². The van der Waals surface area contributed by atoms with Crippen molar-refractivity contribution in [1.82, 2.24) is 25.7 Å². The van der Waals surface area contributed by atoms with E-state index in [0.717, 1.165) is 0 Å². The van der Waals surface area contributed by atoms with Crippen LogP contribution in [-0.4, -0.2) is 51.6 Å². The molecule has 8 nitrogen and oxygen atoms in total. The lowest BCUT2D eigenvalue weighted by Crippen LogP contribution is -2.49. The highest BCUT2D eigenvalue weighted by molar-refractivity contribution is 6.29. The second-order valence-corrected chi connectivity index (χ2v) is 5.10. The maximum atomic E-state index is 12.2. The molecule has 1 unspecified atom stereocenters. The number of hydrogen-bond donors (Lipinski definition) is 2. The molecule has 2 saturated heterocycles. The summed E-state index contributed by atoms with van der Waals surface area (Å²) in [6.07, 6.45) is 0.372. The van der Waals surface area contributed by atoms with Gasteiger partial charge in [0.25, 0.3) is 11.8 Å². The Morgan fingerprint density at radius 2 is 2.15 bits per heavy atom. The Morgan fingerprint density at radius 1 is 1.35 bits per heavy atom. The number of amides is 4. The molecular formula is C11H10ClN5O3. The van der Waals surface area contributed by atoms with Crippen molar-refractivity contribution in [3.8, 4) is 0 Å². The number of likely N-dealkylation sites (tertiary alicyclic amines) is 1. The van der Waals surface area contributed by atoms with Gasteiger partial charge in [0, 0.05) is 6.54 Å². The largest absolute Gasteiger partial charge is 0.334 e. The summed E-state index contributed by atoms with van der Waals surface area (Å²) in [7, 11) is 0. The SMILES string of the molecule is O=C1NC(=O)C2(CCN(C(=O)c3ccc(Cl)nn3)C2)N1. The van der Waals surface area contributed by atoms with Crippen LogP contribution < -0.4 is 10.6 Å². The first-order chi connectivity index (χ1) is 9.50. The minimum absolute atomic E-state index is 0.119. The van der Waals surface area contributed by atoms with E-state index in [1.165, 1.54) is 17.0 Å². The molecule has 2 fully saturated rings. The fourth-order valence-electron chi connectivity index (χ4n) is 2.39.